The van der Waals surface area contributed by atoms with Crippen LogP contribution in [0, 0.1) is 5.92 Å². The normalized spacial score (nSPS) is 18.6. The second-order valence-electron chi connectivity index (χ2n) is 4.98. The fraction of sp³-hybridized carbons (Fsp3) is 0.467. The van der Waals surface area contributed by atoms with Crippen LogP contribution in [-0.4, -0.2) is 30.4 Å². The molecule has 1 fully saturated rings. The summed E-state index contributed by atoms with van der Waals surface area (Å²) in [5.74, 6) is 1.10. The second kappa shape index (κ2) is 6.90. The smallest absolute Gasteiger partial charge is 0.227 e. The number of benzene rings is 1. The van der Waals surface area contributed by atoms with Gasteiger partial charge in [0, 0.05) is 38.4 Å². The van der Waals surface area contributed by atoms with Crippen LogP contribution in [0.5, 0.6) is 0 Å². The molecule has 0 spiro atoms. The highest BCUT2D eigenvalue weighted by Gasteiger charge is 2.30. The minimum absolute atomic E-state index is 0.109. The van der Waals surface area contributed by atoms with E-state index in [1.165, 1.54) is 11.8 Å². The van der Waals surface area contributed by atoms with Gasteiger partial charge in [-0.25, -0.2) is 0 Å². The largest absolute Gasteiger partial charge is 0.380 e. The molecule has 1 saturated heterocycles. The minimum atomic E-state index is 0.109. The predicted molar refractivity (Wildman–Crippen MR) is 80.8 cm³/mol. The lowest BCUT2D eigenvalue weighted by Crippen LogP contribution is -2.24. The zero-order valence-electron chi connectivity index (χ0n) is 11.8. The Kier molecular flexibility index (Phi) is 5.20. The summed E-state index contributed by atoms with van der Waals surface area (Å²) in [5, 5.41) is 0.109. The Hall–Kier alpha value is -1.33. The fourth-order valence-electron chi connectivity index (χ4n) is 2.36. The SMILES string of the molecule is COCc1cccc(N2CC(CSC(C)=O)CC2=O)c1. The van der Waals surface area contributed by atoms with Gasteiger partial charge in [0.15, 0.2) is 5.12 Å². The molecule has 1 atom stereocenters. The lowest BCUT2D eigenvalue weighted by atomic mass is 10.1. The molecule has 1 aliphatic rings. The van der Waals surface area contributed by atoms with Crippen molar-refractivity contribution in [3.8, 4) is 0 Å². The molecule has 1 aromatic carbocycles. The molecule has 108 valence electrons. The van der Waals surface area contributed by atoms with Gasteiger partial charge in [-0.2, -0.15) is 0 Å². The van der Waals surface area contributed by atoms with Gasteiger partial charge in [0.05, 0.1) is 6.61 Å². The summed E-state index contributed by atoms with van der Waals surface area (Å²) in [4.78, 5) is 24.9. The van der Waals surface area contributed by atoms with E-state index >= 15 is 0 Å². The Bertz CT molecular complexity index is 504. The Balaban J connectivity index is 2.03. The summed E-state index contributed by atoms with van der Waals surface area (Å²) in [7, 11) is 1.66. The summed E-state index contributed by atoms with van der Waals surface area (Å²) >= 11 is 1.30. The number of carbonyl (C=O) groups excluding carboxylic acids is 2. The highest BCUT2D eigenvalue weighted by molar-refractivity contribution is 8.13. The maximum Gasteiger partial charge on any atom is 0.227 e. The average Bonchev–Trinajstić information content (AvgIpc) is 2.78. The van der Waals surface area contributed by atoms with Crippen LogP contribution in [0.3, 0.4) is 0 Å². The Morgan fingerprint density at radius 2 is 2.30 bits per heavy atom. The maximum absolute atomic E-state index is 12.1. The molecule has 1 unspecified atom stereocenters. The van der Waals surface area contributed by atoms with Crippen LogP contribution in [-0.2, 0) is 20.9 Å². The van der Waals surface area contributed by atoms with E-state index < -0.39 is 0 Å². The highest BCUT2D eigenvalue weighted by Crippen LogP contribution is 2.28. The van der Waals surface area contributed by atoms with Gasteiger partial charge in [-0.1, -0.05) is 23.9 Å². The van der Waals surface area contributed by atoms with Crippen molar-refractivity contribution >= 4 is 28.5 Å². The van der Waals surface area contributed by atoms with E-state index in [4.69, 9.17) is 4.74 Å². The van der Waals surface area contributed by atoms with E-state index in [9.17, 15) is 9.59 Å². The van der Waals surface area contributed by atoms with Gasteiger partial charge in [-0.05, 0) is 23.6 Å². The number of methoxy groups -OCH3 is 1. The van der Waals surface area contributed by atoms with Crippen molar-refractivity contribution in [3.05, 3.63) is 29.8 Å². The molecule has 1 aromatic rings. The topological polar surface area (TPSA) is 46.6 Å². The van der Waals surface area contributed by atoms with Crippen molar-refractivity contribution < 1.29 is 14.3 Å². The number of ether oxygens (including phenoxy) is 1. The third kappa shape index (κ3) is 3.84. The van der Waals surface area contributed by atoms with Gasteiger partial charge >= 0.3 is 0 Å². The highest BCUT2D eigenvalue weighted by atomic mass is 32.2. The van der Waals surface area contributed by atoms with Gasteiger partial charge in [-0.15, -0.1) is 0 Å². The third-order valence-electron chi connectivity index (χ3n) is 3.26. The minimum Gasteiger partial charge on any atom is -0.380 e. The number of hydrogen-bond donors (Lipinski definition) is 0. The molecular weight excluding hydrogens is 274 g/mol. The quantitative estimate of drug-likeness (QED) is 0.836. The number of hydrogen-bond acceptors (Lipinski definition) is 4. The number of anilines is 1. The van der Waals surface area contributed by atoms with E-state index in [-0.39, 0.29) is 16.9 Å². The zero-order chi connectivity index (χ0) is 14.5. The first-order valence-electron chi connectivity index (χ1n) is 6.61. The molecule has 1 heterocycles. The van der Waals surface area contributed by atoms with Crippen molar-refractivity contribution in [3.63, 3.8) is 0 Å². The predicted octanol–water partition coefficient (Wildman–Crippen LogP) is 2.47. The van der Waals surface area contributed by atoms with Crippen molar-refractivity contribution in [1.29, 1.82) is 0 Å². The summed E-state index contributed by atoms with van der Waals surface area (Å²) in [6, 6.07) is 7.85. The first-order valence-corrected chi connectivity index (χ1v) is 7.60. The van der Waals surface area contributed by atoms with Gasteiger partial charge in [0.2, 0.25) is 5.91 Å². The lowest BCUT2D eigenvalue weighted by molar-refractivity contribution is -0.117. The molecule has 0 bridgehead atoms. The zero-order valence-corrected chi connectivity index (χ0v) is 12.6. The number of thioether (sulfide) groups is 1. The van der Waals surface area contributed by atoms with Crippen LogP contribution in [0.25, 0.3) is 0 Å². The van der Waals surface area contributed by atoms with Gasteiger partial charge in [0.25, 0.3) is 0 Å². The van der Waals surface area contributed by atoms with Crippen LogP contribution < -0.4 is 4.90 Å². The molecule has 0 N–H and O–H groups in total. The number of amides is 1. The monoisotopic (exact) mass is 293 g/mol. The fourth-order valence-corrected chi connectivity index (χ4v) is 3.05. The number of nitrogens with zero attached hydrogens (tertiary/aromatic N) is 1. The molecule has 0 aliphatic carbocycles. The van der Waals surface area contributed by atoms with E-state index in [1.807, 2.05) is 29.2 Å². The molecule has 20 heavy (non-hydrogen) atoms. The summed E-state index contributed by atoms with van der Waals surface area (Å²) in [5.41, 5.74) is 1.97. The van der Waals surface area contributed by atoms with Crippen molar-refractivity contribution in [2.75, 3.05) is 24.3 Å². The molecular formula is C15H19NO3S. The Labute approximate surface area is 123 Å². The second-order valence-corrected chi connectivity index (χ2v) is 6.18. The molecule has 1 aliphatic heterocycles. The molecule has 0 radical (unpaired) electrons. The van der Waals surface area contributed by atoms with Crippen LogP contribution in [0.4, 0.5) is 5.69 Å². The van der Waals surface area contributed by atoms with Crippen LogP contribution >= 0.6 is 11.8 Å². The van der Waals surface area contributed by atoms with E-state index in [1.54, 1.807) is 14.0 Å². The molecule has 0 aromatic heterocycles. The van der Waals surface area contributed by atoms with Crippen LogP contribution in [0.1, 0.15) is 18.9 Å². The Morgan fingerprint density at radius 3 is 3.00 bits per heavy atom. The average molecular weight is 293 g/mol. The van der Waals surface area contributed by atoms with E-state index in [0.717, 1.165) is 17.0 Å². The molecule has 5 heteroatoms. The Morgan fingerprint density at radius 1 is 1.50 bits per heavy atom. The van der Waals surface area contributed by atoms with Crippen molar-refractivity contribution in [1.82, 2.24) is 0 Å². The molecule has 0 saturated carbocycles. The van der Waals surface area contributed by atoms with Crippen molar-refractivity contribution in [2.24, 2.45) is 5.92 Å². The summed E-state index contributed by atoms with van der Waals surface area (Å²) in [6.07, 6.45) is 0.523. The maximum atomic E-state index is 12.1. The molecule has 4 nitrogen and oxygen atoms in total. The first kappa shape index (κ1) is 15.1. The number of rotatable bonds is 5. The summed E-state index contributed by atoms with van der Waals surface area (Å²) < 4.78 is 5.11. The van der Waals surface area contributed by atoms with Crippen molar-refractivity contribution in [2.45, 2.75) is 20.0 Å². The van der Waals surface area contributed by atoms with Crippen LogP contribution in [0.2, 0.25) is 0 Å². The lowest BCUT2D eigenvalue weighted by Gasteiger charge is -2.17. The third-order valence-corrected chi connectivity index (χ3v) is 4.31. The summed E-state index contributed by atoms with van der Waals surface area (Å²) in [6.45, 7) is 2.79. The number of carbonyl (C=O) groups is 2. The van der Waals surface area contributed by atoms with Crippen LogP contribution in [0.15, 0.2) is 24.3 Å². The molecule has 1 amide bonds. The van der Waals surface area contributed by atoms with Gasteiger partial charge < -0.3 is 9.64 Å². The van der Waals surface area contributed by atoms with Gasteiger partial charge in [-0.3, -0.25) is 9.59 Å². The van der Waals surface area contributed by atoms with E-state index in [0.29, 0.717) is 19.6 Å². The standard InChI is InChI=1S/C15H19NO3S/c1-11(17)20-10-13-7-15(18)16(8-13)14-5-3-4-12(6-14)9-19-2/h3-6,13H,7-10H2,1-2H3. The van der Waals surface area contributed by atoms with E-state index in [2.05, 4.69) is 0 Å². The first-order chi connectivity index (χ1) is 9.60. The molecule has 2 rings (SSSR count). The van der Waals surface area contributed by atoms with Gasteiger partial charge in [0.1, 0.15) is 0 Å².